The minimum Gasteiger partial charge on any atom is -0.313 e. The van der Waals surface area contributed by atoms with E-state index in [1.165, 1.54) is 0 Å². The van der Waals surface area contributed by atoms with E-state index >= 15 is 0 Å². The zero-order valence-corrected chi connectivity index (χ0v) is 16.5. The molecule has 2 aromatic carbocycles. The quantitative estimate of drug-likeness (QED) is 0.399. The second-order valence-corrected chi connectivity index (χ2v) is 6.90. The Bertz CT molecular complexity index is 1180. The van der Waals surface area contributed by atoms with Crippen molar-refractivity contribution in [1.29, 1.82) is 0 Å². The Hall–Kier alpha value is -3.51. The first-order valence-electron chi connectivity index (χ1n) is 9.07. The molecule has 144 valence electrons. The highest BCUT2D eigenvalue weighted by molar-refractivity contribution is 6.30. The minimum absolute atomic E-state index is 0.0732. The van der Waals surface area contributed by atoms with Gasteiger partial charge in [0.05, 0.1) is 16.7 Å². The fourth-order valence-electron chi connectivity index (χ4n) is 3.01. The largest absolute Gasteiger partial charge is 0.313 e. The molecule has 7 heteroatoms. The van der Waals surface area contributed by atoms with Crippen molar-refractivity contribution in [2.24, 2.45) is 5.10 Å². The van der Waals surface area contributed by atoms with Crippen molar-refractivity contribution < 1.29 is 4.79 Å². The molecule has 0 spiro atoms. The van der Waals surface area contributed by atoms with E-state index in [1.54, 1.807) is 18.3 Å². The van der Waals surface area contributed by atoms with Gasteiger partial charge in [-0.1, -0.05) is 41.9 Å². The summed E-state index contributed by atoms with van der Waals surface area (Å²) in [5, 5.41) is 4.86. The van der Waals surface area contributed by atoms with Gasteiger partial charge in [0, 0.05) is 11.2 Å². The summed E-state index contributed by atoms with van der Waals surface area (Å²) in [6, 6.07) is 20.6. The molecule has 0 fully saturated rings. The second-order valence-electron chi connectivity index (χ2n) is 6.46. The number of fused-ring (bicyclic) bond motifs is 1. The number of amides is 1. The number of imidazole rings is 1. The predicted octanol–water partition coefficient (Wildman–Crippen LogP) is 4.29. The maximum atomic E-state index is 12.6. The molecule has 0 aliphatic heterocycles. The molecular weight excluding hydrogens is 386 g/mol. The molecule has 29 heavy (non-hydrogen) atoms. The number of pyridine rings is 1. The Morgan fingerprint density at radius 3 is 2.59 bits per heavy atom. The van der Waals surface area contributed by atoms with E-state index in [4.69, 9.17) is 11.6 Å². The standard InChI is InChI=1S/C22H18ClN5O/c1-15(16-9-11-17(23)12-10-16)26-27-21(29)14-28-20-8-3-2-6-18(20)25-22(28)19-7-4-5-13-24-19/h2-13H,14H2,1H3,(H,27,29)/b26-15-. The van der Waals surface area contributed by atoms with E-state index in [0.29, 0.717) is 22.3 Å². The number of hydrogen-bond acceptors (Lipinski definition) is 4. The highest BCUT2D eigenvalue weighted by atomic mass is 35.5. The molecule has 0 radical (unpaired) electrons. The van der Waals surface area contributed by atoms with Gasteiger partial charge in [0.1, 0.15) is 12.2 Å². The van der Waals surface area contributed by atoms with Gasteiger partial charge < -0.3 is 4.57 Å². The minimum atomic E-state index is -0.251. The summed E-state index contributed by atoms with van der Waals surface area (Å²) in [5.41, 5.74) is 6.58. The number of carbonyl (C=O) groups is 1. The first kappa shape index (κ1) is 18.8. The third kappa shape index (κ3) is 4.17. The van der Waals surface area contributed by atoms with Crippen LogP contribution < -0.4 is 5.43 Å². The zero-order valence-electron chi connectivity index (χ0n) is 15.7. The Balaban J connectivity index is 1.59. The Morgan fingerprint density at radius 1 is 1.07 bits per heavy atom. The third-order valence-electron chi connectivity index (χ3n) is 4.46. The van der Waals surface area contributed by atoms with E-state index in [9.17, 15) is 4.79 Å². The molecule has 0 aliphatic rings. The molecule has 1 N–H and O–H groups in total. The molecule has 2 aromatic heterocycles. The van der Waals surface area contributed by atoms with Crippen LogP contribution in [0.4, 0.5) is 0 Å². The summed E-state index contributed by atoms with van der Waals surface area (Å²) in [6.45, 7) is 1.90. The van der Waals surface area contributed by atoms with Gasteiger partial charge in [-0.2, -0.15) is 5.10 Å². The first-order valence-corrected chi connectivity index (χ1v) is 9.45. The monoisotopic (exact) mass is 403 g/mol. The molecule has 6 nitrogen and oxygen atoms in total. The van der Waals surface area contributed by atoms with Crippen molar-refractivity contribution in [3.8, 4) is 11.5 Å². The van der Waals surface area contributed by atoms with Crippen molar-refractivity contribution in [3.05, 3.63) is 83.5 Å². The summed E-state index contributed by atoms with van der Waals surface area (Å²) < 4.78 is 1.85. The number of nitrogens with one attached hydrogen (secondary N) is 1. The number of para-hydroxylation sites is 2. The first-order chi connectivity index (χ1) is 14.1. The van der Waals surface area contributed by atoms with E-state index in [1.807, 2.05) is 66.1 Å². The maximum Gasteiger partial charge on any atom is 0.260 e. The highest BCUT2D eigenvalue weighted by Gasteiger charge is 2.15. The average Bonchev–Trinajstić information content (AvgIpc) is 3.11. The predicted molar refractivity (Wildman–Crippen MR) is 115 cm³/mol. The summed E-state index contributed by atoms with van der Waals surface area (Å²) in [4.78, 5) is 21.7. The fraction of sp³-hybridized carbons (Fsp3) is 0.0909. The summed E-state index contributed by atoms with van der Waals surface area (Å²) >= 11 is 5.91. The van der Waals surface area contributed by atoms with E-state index in [2.05, 4.69) is 20.5 Å². The number of hydrogen-bond donors (Lipinski definition) is 1. The third-order valence-corrected chi connectivity index (χ3v) is 4.71. The maximum absolute atomic E-state index is 12.6. The number of halogens is 1. The molecule has 0 unspecified atom stereocenters. The number of hydrazone groups is 1. The van der Waals surface area contributed by atoms with Gasteiger partial charge in [-0.3, -0.25) is 9.78 Å². The lowest BCUT2D eigenvalue weighted by Gasteiger charge is -2.08. The lowest BCUT2D eigenvalue weighted by molar-refractivity contribution is -0.121. The van der Waals surface area contributed by atoms with Crippen molar-refractivity contribution in [2.45, 2.75) is 13.5 Å². The molecule has 0 bridgehead atoms. The number of benzene rings is 2. The van der Waals surface area contributed by atoms with Crippen molar-refractivity contribution in [1.82, 2.24) is 20.0 Å². The van der Waals surface area contributed by atoms with Crippen LogP contribution in [0.1, 0.15) is 12.5 Å². The highest BCUT2D eigenvalue weighted by Crippen LogP contribution is 2.23. The van der Waals surface area contributed by atoms with Crippen molar-refractivity contribution in [2.75, 3.05) is 0 Å². The molecule has 4 aromatic rings. The van der Waals surface area contributed by atoms with Crippen molar-refractivity contribution >= 4 is 34.3 Å². The topological polar surface area (TPSA) is 72.2 Å². The summed E-state index contributed by atoms with van der Waals surface area (Å²) in [5.74, 6) is 0.388. The van der Waals surface area contributed by atoms with Gasteiger partial charge in [0.25, 0.3) is 5.91 Å². The number of rotatable bonds is 5. The molecule has 0 saturated heterocycles. The smallest absolute Gasteiger partial charge is 0.260 e. The zero-order chi connectivity index (χ0) is 20.2. The number of aromatic nitrogens is 3. The van der Waals surface area contributed by atoms with Crippen LogP contribution in [0, 0.1) is 0 Å². The van der Waals surface area contributed by atoms with E-state index in [0.717, 1.165) is 16.6 Å². The van der Waals surface area contributed by atoms with Crippen molar-refractivity contribution in [3.63, 3.8) is 0 Å². The molecule has 4 rings (SSSR count). The van der Waals surface area contributed by atoms with E-state index < -0.39 is 0 Å². The Labute approximate surface area is 172 Å². The lowest BCUT2D eigenvalue weighted by atomic mass is 10.1. The molecule has 0 aliphatic carbocycles. The Kier molecular flexibility index (Phi) is 5.35. The normalized spacial score (nSPS) is 11.6. The SMILES string of the molecule is C/C(=N/NC(=O)Cn1c(-c2ccccn2)nc2ccccc21)c1ccc(Cl)cc1. The van der Waals surface area contributed by atoms with Crippen LogP contribution in [0.5, 0.6) is 0 Å². The number of nitrogens with zero attached hydrogens (tertiary/aromatic N) is 4. The Morgan fingerprint density at radius 2 is 1.83 bits per heavy atom. The number of carbonyl (C=O) groups excluding carboxylic acids is 1. The van der Waals surface area contributed by atoms with Crippen LogP contribution in [0.3, 0.4) is 0 Å². The van der Waals surface area contributed by atoms with Gasteiger partial charge in [-0.05, 0) is 48.9 Å². The molecular formula is C22H18ClN5O. The molecule has 0 saturated carbocycles. The molecule has 2 heterocycles. The second kappa shape index (κ2) is 8.24. The van der Waals surface area contributed by atoms with Gasteiger partial charge >= 0.3 is 0 Å². The van der Waals surface area contributed by atoms with Crippen LogP contribution >= 0.6 is 11.6 Å². The lowest BCUT2D eigenvalue weighted by Crippen LogP contribution is -2.24. The fourth-order valence-corrected chi connectivity index (χ4v) is 3.13. The van der Waals surface area contributed by atoms with Gasteiger partial charge in [0.15, 0.2) is 5.82 Å². The van der Waals surface area contributed by atoms with Crippen LogP contribution in [-0.4, -0.2) is 26.2 Å². The van der Waals surface area contributed by atoms with Gasteiger partial charge in [-0.15, -0.1) is 0 Å². The summed E-state index contributed by atoms with van der Waals surface area (Å²) in [7, 11) is 0. The molecule has 0 atom stereocenters. The molecule has 1 amide bonds. The van der Waals surface area contributed by atoms with Crippen LogP contribution in [0.15, 0.2) is 78.0 Å². The van der Waals surface area contributed by atoms with Crippen LogP contribution in [0.2, 0.25) is 5.02 Å². The average molecular weight is 404 g/mol. The van der Waals surface area contributed by atoms with E-state index in [-0.39, 0.29) is 12.5 Å². The van der Waals surface area contributed by atoms with Crippen LogP contribution in [0.25, 0.3) is 22.6 Å². The van der Waals surface area contributed by atoms with Crippen LogP contribution in [-0.2, 0) is 11.3 Å². The summed E-state index contributed by atoms with van der Waals surface area (Å²) in [6.07, 6.45) is 1.71. The van der Waals surface area contributed by atoms with Gasteiger partial charge in [-0.25, -0.2) is 10.4 Å². The van der Waals surface area contributed by atoms with Gasteiger partial charge in [0.2, 0.25) is 0 Å².